The standard InChI is InChI=1S/C24H26FN3O4/c1-4-5-13-28-15(2)20(23(30)32-3)21(27-24(28)31)16-9-8-10-17(14-16)26-22(29)18-11-6-7-12-19(18)25/h6-12,14,21H,4-5,13H2,1-3H3,(H,26,29)(H,27,31). The molecule has 0 aliphatic carbocycles. The van der Waals surface area contributed by atoms with Gasteiger partial charge in [-0.2, -0.15) is 0 Å². The van der Waals surface area contributed by atoms with Crippen LogP contribution in [0.2, 0.25) is 0 Å². The highest BCUT2D eigenvalue weighted by atomic mass is 19.1. The van der Waals surface area contributed by atoms with Gasteiger partial charge in [0.1, 0.15) is 5.82 Å². The van der Waals surface area contributed by atoms with E-state index >= 15 is 0 Å². The third kappa shape index (κ3) is 4.80. The number of benzene rings is 2. The number of amides is 3. The topological polar surface area (TPSA) is 87.7 Å². The molecule has 0 saturated carbocycles. The van der Waals surface area contributed by atoms with Crippen LogP contribution in [0, 0.1) is 5.82 Å². The van der Waals surface area contributed by atoms with Crippen molar-refractivity contribution < 1.29 is 23.5 Å². The number of ether oxygens (including phenoxy) is 1. The van der Waals surface area contributed by atoms with E-state index < -0.39 is 23.7 Å². The fourth-order valence-corrected chi connectivity index (χ4v) is 3.63. The average molecular weight is 439 g/mol. The van der Waals surface area contributed by atoms with Crippen molar-refractivity contribution in [2.24, 2.45) is 0 Å². The van der Waals surface area contributed by atoms with Gasteiger partial charge in [0.2, 0.25) is 0 Å². The Morgan fingerprint density at radius 3 is 2.62 bits per heavy atom. The van der Waals surface area contributed by atoms with Gasteiger partial charge in [0, 0.05) is 17.9 Å². The number of halogens is 1. The van der Waals surface area contributed by atoms with Crippen molar-refractivity contribution in [1.29, 1.82) is 0 Å². The van der Waals surface area contributed by atoms with Crippen molar-refractivity contribution in [1.82, 2.24) is 10.2 Å². The highest BCUT2D eigenvalue weighted by Crippen LogP contribution is 2.32. The zero-order chi connectivity index (χ0) is 23.3. The third-order valence-corrected chi connectivity index (χ3v) is 5.33. The quantitative estimate of drug-likeness (QED) is 0.627. The number of rotatable bonds is 7. The van der Waals surface area contributed by atoms with E-state index in [4.69, 9.17) is 4.74 Å². The number of methoxy groups -OCH3 is 1. The van der Waals surface area contributed by atoms with Crippen molar-refractivity contribution in [2.75, 3.05) is 19.0 Å². The molecule has 2 aromatic carbocycles. The minimum Gasteiger partial charge on any atom is -0.466 e. The Balaban J connectivity index is 1.93. The first-order valence-electron chi connectivity index (χ1n) is 10.4. The van der Waals surface area contributed by atoms with Crippen molar-refractivity contribution in [3.05, 3.63) is 76.7 Å². The lowest BCUT2D eigenvalue weighted by atomic mass is 9.94. The Kier molecular flexibility index (Phi) is 7.25. The molecule has 8 heteroatoms. The third-order valence-electron chi connectivity index (χ3n) is 5.33. The van der Waals surface area contributed by atoms with E-state index in [1.807, 2.05) is 6.92 Å². The number of nitrogens with zero attached hydrogens (tertiary/aromatic N) is 1. The first kappa shape index (κ1) is 23.0. The molecule has 1 unspecified atom stereocenters. The van der Waals surface area contributed by atoms with E-state index in [-0.39, 0.29) is 11.6 Å². The number of carbonyl (C=O) groups excluding carboxylic acids is 3. The van der Waals surface area contributed by atoms with Gasteiger partial charge in [-0.25, -0.2) is 14.0 Å². The molecule has 1 aliphatic heterocycles. The minimum absolute atomic E-state index is 0.0820. The zero-order valence-corrected chi connectivity index (χ0v) is 18.3. The number of hydrogen-bond acceptors (Lipinski definition) is 4. The monoisotopic (exact) mass is 439 g/mol. The van der Waals surface area contributed by atoms with Crippen LogP contribution in [0.3, 0.4) is 0 Å². The van der Waals surface area contributed by atoms with E-state index in [0.717, 1.165) is 12.8 Å². The van der Waals surface area contributed by atoms with E-state index in [1.165, 1.54) is 30.2 Å². The summed E-state index contributed by atoms with van der Waals surface area (Å²) in [6.45, 7) is 4.23. The first-order chi connectivity index (χ1) is 15.4. The van der Waals surface area contributed by atoms with E-state index in [2.05, 4.69) is 10.6 Å². The number of allylic oxidation sites excluding steroid dienone is 1. The summed E-state index contributed by atoms with van der Waals surface area (Å²) in [5.41, 5.74) is 1.75. The summed E-state index contributed by atoms with van der Waals surface area (Å²) >= 11 is 0. The summed E-state index contributed by atoms with van der Waals surface area (Å²) in [6.07, 6.45) is 1.69. The van der Waals surface area contributed by atoms with Gasteiger partial charge in [0.15, 0.2) is 0 Å². The number of carbonyl (C=O) groups is 3. The van der Waals surface area contributed by atoms with E-state index in [1.54, 1.807) is 37.3 Å². The molecular weight excluding hydrogens is 413 g/mol. The molecule has 3 rings (SSSR count). The molecule has 2 aromatic rings. The summed E-state index contributed by atoms with van der Waals surface area (Å²) in [4.78, 5) is 39.4. The lowest BCUT2D eigenvalue weighted by Gasteiger charge is -2.35. The van der Waals surface area contributed by atoms with Gasteiger partial charge in [0.25, 0.3) is 5.91 Å². The van der Waals surface area contributed by atoms with Crippen LogP contribution in [0.1, 0.15) is 48.7 Å². The highest BCUT2D eigenvalue weighted by Gasteiger charge is 2.36. The van der Waals surface area contributed by atoms with Crippen LogP contribution in [-0.2, 0) is 9.53 Å². The molecule has 7 nitrogen and oxygen atoms in total. The normalized spacial score (nSPS) is 15.9. The van der Waals surface area contributed by atoms with Gasteiger partial charge >= 0.3 is 12.0 Å². The van der Waals surface area contributed by atoms with Gasteiger partial charge in [-0.05, 0) is 43.2 Å². The number of hydrogen-bond donors (Lipinski definition) is 2. The van der Waals surface area contributed by atoms with Gasteiger partial charge in [-0.1, -0.05) is 37.6 Å². The van der Waals surface area contributed by atoms with Crippen LogP contribution in [-0.4, -0.2) is 36.5 Å². The predicted octanol–water partition coefficient (Wildman–Crippen LogP) is 4.39. The number of esters is 1. The molecule has 0 saturated heterocycles. The minimum atomic E-state index is -0.752. The smallest absolute Gasteiger partial charge is 0.337 e. The van der Waals surface area contributed by atoms with Crippen molar-refractivity contribution in [3.8, 4) is 0 Å². The Labute approximate surface area is 186 Å². The molecule has 2 N–H and O–H groups in total. The average Bonchev–Trinajstić information content (AvgIpc) is 2.78. The molecule has 0 fully saturated rings. The van der Waals surface area contributed by atoms with Crippen molar-refractivity contribution in [2.45, 2.75) is 32.7 Å². The fraction of sp³-hybridized carbons (Fsp3) is 0.292. The summed E-state index contributed by atoms with van der Waals surface area (Å²) in [5, 5.41) is 5.53. The van der Waals surface area contributed by atoms with Gasteiger partial charge in [0.05, 0.1) is 24.3 Å². The Bertz CT molecular complexity index is 1070. The summed E-state index contributed by atoms with van der Waals surface area (Å²) in [7, 11) is 1.29. The molecule has 168 valence electrons. The predicted molar refractivity (Wildman–Crippen MR) is 118 cm³/mol. The molecule has 32 heavy (non-hydrogen) atoms. The van der Waals surface area contributed by atoms with Crippen LogP contribution in [0.4, 0.5) is 14.9 Å². The molecule has 0 aromatic heterocycles. The van der Waals surface area contributed by atoms with Crippen LogP contribution in [0.25, 0.3) is 0 Å². The Hall–Kier alpha value is -3.68. The van der Waals surface area contributed by atoms with Crippen molar-refractivity contribution in [3.63, 3.8) is 0 Å². The highest BCUT2D eigenvalue weighted by molar-refractivity contribution is 6.04. The molecule has 0 spiro atoms. The summed E-state index contributed by atoms with van der Waals surface area (Å²) < 4.78 is 18.9. The van der Waals surface area contributed by atoms with Crippen LogP contribution in [0.5, 0.6) is 0 Å². The van der Waals surface area contributed by atoms with Gasteiger partial charge < -0.3 is 15.4 Å². The zero-order valence-electron chi connectivity index (χ0n) is 18.3. The largest absolute Gasteiger partial charge is 0.466 e. The Morgan fingerprint density at radius 1 is 1.19 bits per heavy atom. The van der Waals surface area contributed by atoms with Gasteiger partial charge in [-0.3, -0.25) is 9.69 Å². The van der Waals surface area contributed by atoms with E-state index in [9.17, 15) is 18.8 Å². The second-order valence-corrected chi connectivity index (χ2v) is 7.44. The van der Waals surface area contributed by atoms with Crippen molar-refractivity contribution >= 4 is 23.6 Å². The Morgan fingerprint density at radius 2 is 1.94 bits per heavy atom. The second kappa shape index (κ2) is 10.1. The summed E-state index contributed by atoms with van der Waals surface area (Å²) in [6, 6.07) is 11.3. The maximum absolute atomic E-state index is 13.9. The molecule has 0 radical (unpaired) electrons. The fourth-order valence-electron chi connectivity index (χ4n) is 3.63. The lowest BCUT2D eigenvalue weighted by molar-refractivity contribution is -0.136. The lowest BCUT2D eigenvalue weighted by Crippen LogP contribution is -2.48. The number of anilines is 1. The second-order valence-electron chi connectivity index (χ2n) is 7.44. The molecule has 1 heterocycles. The first-order valence-corrected chi connectivity index (χ1v) is 10.4. The van der Waals surface area contributed by atoms with Crippen LogP contribution in [0.15, 0.2) is 59.8 Å². The SMILES string of the molecule is CCCCN1C(=O)NC(c2cccc(NC(=O)c3ccccc3F)c2)C(C(=O)OC)=C1C. The number of nitrogens with one attached hydrogen (secondary N) is 2. The maximum Gasteiger partial charge on any atom is 0.337 e. The number of urea groups is 1. The molecular formula is C24H26FN3O4. The van der Waals surface area contributed by atoms with Crippen LogP contribution < -0.4 is 10.6 Å². The number of unbranched alkanes of at least 4 members (excludes halogenated alkanes) is 1. The summed E-state index contributed by atoms with van der Waals surface area (Å²) in [5.74, 6) is -1.77. The van der Waals surface area contributed by atoms with Crippen LogP contribution >= 0.6 is 0 Å². The molecule has 0 bridgehead atoms. The van der Waals surface area contributed by atoms with Gasteiger partial charge in [-0.15, -0.1) is 0 Å². The molecule has 1 aliphatic rings. The van der Waals surface area contributed by atoms with E-state index in [0.29, 0.717) is 29.1 Å². The maximum atomic E-state index is 13.9. The molecule has 1 atom stereocenters. The molecule has 3 amide bonds.